The van der Waals surface area contributed by atoms with E-state index < -0.39 is 0 Å². The molecule has 0 bridgehead atoms. The van der Waals surface area contributed by atoms with Crippen LogP contribution in [0, 0.1) is 0 Å². The third-order valence-corrected chi connectivity index (χ3v) is 4.94. The highest BCUT2D eigenvalue weighted by atomic mass is 16.5. The third-order valence-electron chi connectivity index (χ3n) is 4.94. The molecule has 4 heteroatoms. The lowest BCUT2D eigenvalue weighted by Crippen LogP contribution is -3.09. The Labute approximate surface area is 148 Å². The fourth-order valence-electron chi connectivity index (χ4n) is 3.62. The maximum atomic E-state index is 12.6. The first kappa shape index (κ1) is 15.9. The fraction of sp³-hybridized carbons (Fsp3) is 0.286. The number of para-hydroxylation sites is 1. The van der Waals surface area contributed by atoms with Crippen LogP contribution in [0.2, 0.25) is 0 Å². The van der Waals surface area contributed by atoms with Gasteiger partial charge in [0.25, 0.3) is 5.91 Å². The first-order valence-corrected chi connectivity index (χ1v) is 8.89. The van der Waals surface area contributed by atoms with Crippen LogP contribution in [0.15, 0.2) is 60.2 Å². The van der Waals surface area contributed by atoms with Crippen LogP contribution in [0.1, 0.15) is 17.5 Å². The largest absolute Gasteiger partial charge is 0.488 e. The molecule has 1 fully saturated rings. The van der Waals surface area contributed by atoms with E-state index in [1.807, 2.05) is 36.4 Å². The van der Waals surface area contributed by atoms with E-state index in [2.05, 4.69) is 29.6 Å². The Hall–Kier alpha value is -2.59. The van der Waals surface area contributed by atoms with E-state index in [4.69, 9.17) is 4.74 Å². The Morgan fingerprint density at radius 1 is 1.12 bits per heavy atom. The molecule has 0 aromatic heterocycles. The molecule has 2 aromatic rings. The SMILES string of the molecule is O=C(N[C@@H]1CC[NH+](Cc2ccccc2)C1)C1=Cc2ccccc2OC1. The molecule has 0 saturated carbocycles. The molecule has 2 N–H and O–H groups in total. The lowest BCUT2D eigenvalue weighted by atomic mass is 10.1. The van der Waals surface area contributed by atoms with Crippen LogP contribution in [0.5, 0.6) is 5.75 Å². The zero-order valence-corrected chi connectivity index (χ0v) is 14.2. The number of rotatable bonds is 4. The Balaban J connectivity index is 1.34. The van der Waals surface area contributed by atoms with Gasteiger partial charge in [0.1, 0.15) is 18.9 Å². The molecule has 2 aliphatic rings. The predicted molar refractivity (Wildman–Crippen MR) is 97.3 cm³/mol. The molecule has 0 radical (unpaired) electrons. The molecule has 0 aliphatic carbocycles. The molecule has 1 unspecified atom stereocenters. The monoisotopic (exact) mass is 335 g/mol. The molecule has 25 heavy (non-hydrogen) atoms. The minimum Gasteiger partial charge on any atom is -0.488 e. The number of nitrogens with one attached hydrogen (secondary N) is 2. The summed E-state index contributed by atoms with van der Waals surface area (Å²) in [5.41, 5.74) is 3.03. The minimum atomic E-state index is 0.000430. The number of quaternary nitrogens is 1. The quantitative estimate of drug-likeness (QED) is 0.888. The van der Waals surface area contributed by atoms with Crippen molar-refractivity contribution in [1.82, 2.24) is 5.32 Å². The van der Waals surface area contributed by atoms with E-state index in [1.54, 1.807) is 0 Å². The number of benzene rings is 2. The molecule has 1 amide bonds. The average molecular weight is 335 g/mol. The van der Waals surface area contributed by atoms with Crippen LogP contribution in [-0.4, -0.2) is 31.6 Å². The van der Waals surface area contributed by atoms with Crippen LogP contribution < -0.4 is 15.0 Å². The summed E-state index contributed by atoms with van der Waals surface area (Å²) < 4.78 is 5.69. The van der Waals surface area contributed by atoms with Gasteiger partial charge in [0.2, 0.25) is 0 Å². The van der Waals surface area contributed by atoms with Gasteiger partial charge >= 0.3 is 0 Å². The molecule has 4 rings (SSSR count). The standard InChI is InChI=1S/C21H22N2O2/c24-21(18-12-17-8-4-5-9-20(17)25-15-18)22-19-10-11-23(14-19)13-16-6-2-1-3-7-16/h1-9,12,19H,10-11,13-15H2,(H,22,24)/p+1/t19-/m1/s1. The van der Waals surface area contributed by atoms with Gasteiger partial charge in [-0.2, -0.15) is 0 Å². The van der Waals surface area contributed by atoms with E-state index in [0.717, 1.165) is 37.4 Å². The average Bonchev–Trinajstić information content (AvgIpc) is 3.09. The van der Waals surface area contributed by atoms with Gasteiger partial charge in [0.15, 0.2) is 0 Å². The van der Waals surface area contributed by atoms with Crippen LogP contribution in [-0.2, 0) is 11.3 Å². The van der Waals surface area contributed by atoms with Gasteiger partial charge in [0, 0.05) is 17.5 Å². The molecular weight excluding hydrogens is 312 g/mol. The van der Waals surface area contributed by atoms with Gasteiger partial charge in [-0.15, -0.1) is 0 Å². The van der Waals surface area contributed by atoms with Crippen molar-refractivity contribution >= 4 is 12.0 Å². The summed E-state index contributed by atoms with van der Waals surface area (Å²) in [4.78, 5) is 14.1. The summed E-state index contributed by atoms with van der Waals surface area (Å²) in [6.45, 7) is 3.44. The van der Waals surface area contributed by atoms with Crippen molar-refractivity contribution in [3.05, 3.63) is 71.3 Å². The smallest absolute Gasteiger partial charge is 0.251 e. The number of fused-ring (bicyclic) bond motifs is 1. The van der Waals surface area contributed by atoms with Gasteiger partial charge in [0.05, 0.1) is 24.7 Å². The van der Waals surface area contributed by atoms with Gasteiger partial charge in [-0.05, 0) is 12.1 Å². The van der Waals surface area contributed by atoms with Crippen molar-refractivity contribution in [1.29, 1.82) is 0 Å². The van der Waals surface area contributed by atoms with Gasteiger partial charge in [-0.3, -0.25) is 4.79 Å². The van der Waals surface area contributed by atoms with Crippen LogP contribution in [0.3, 0.4) is 0 Å². The minimum absolute atomic E-state index is 0.000430. The number of amides is 1. The van der Waals surface area contributed by atoms with Crippen LogP contribution in [0.25, 0.3) is 6.08 Å². The number of carbonyl (C=O) groups is 1. The molecule has 128 valence electrons. The molecule has 2 atom stereocenters. The second-order valence-corrected chi connectivity index (χ2v) is 6.82. The van der Waals surface area contributed by atoms with Crippen molar-refractivity contribution in [2.75, 3.05) is 19.7 Å². The first-order valence-electron chi connectivity index (χ1n) is 8.89. The molecule has 2 aliphatic heterocycles. The molecule has 0 spiro atoms. The second kappa shape index (κ2) is 7.11. The van der Waals surface area contributed by atoms with Crippen molar-refractivity contribution in [3.63, 3.8) is 0 Å². The Kier molecular flexibility index (Phi) is 4.53. The number of ether oxygens (including phenoxy) is 1. The van der Waals surface area contributed by atoms with E-state index in [0.29, 0.717) is 12.2 Å². The summed E-state index contributed by atoms with van der Waals surface area (Å²) >= 11 is 0. The third kappa shape index (κ3) is 3.74. The molecular formula is C21H23N2O2+. The summed E-state index contributed by atoms with van der Waals surface area (Å²) in [6, 6.07) is 18.6. The summed E-state index contributed by atoms with van der Waals surface area (Å²) in [5, 5.41) is 3.19. The Morgan fingerprint density at radius 3 is 2.80 bits per heavy atom. The molecule has 2 aromatic carbocycles. The van der Waals surface area contributed by atoms with Crippen molar-refractivity contribution < 1.29 is 14.4 Å². The second-order valence-electron chi connectivity index (χ2n) is 6.82. The van der Waals surface area contributed by atoms with Crippen molar-refractivity contribution in [3.8, 4) is 5.75 Å². The van der Waals surface area contributed by atoms with Crippen LogP contribution in [0.4, 0.5) is 0 Å². The van der Waals surface area contributed by atoms with Gasteiger partial charge in [-0.25, -0.2) is 0 Å². The fourth-order valence-corrected chi connectivity index (χ4v) is 3.62. The predicted octanol–water partition coefficient (Wildman–Crippen LogP) is 1.44. The van der Waals surface area contributed by atoms with E-state index in [9.17, 15) is 4.79 Å². The topological polar surface area (TPSA) is 42.8 Å². The highest BCUT2D eigenvalue weighted by molar-refractivity contribution is 5.99. The Morgan fingerprint density at radius 2 is 1.92 bits per heavy atom. The molecule has 4 nitrogen and oxygen atoms in total. The summed E-state index contributed by atoms with van der Waals surface area (Å²) in [6.07, 6.45) is 2.97. The van der Waals surface area contributed by atoms with E-state index >= 15 is 0 Å². The maximum Gasteiger partial charge on any atom is 0.251 e. The zero-order valence-electron chi connectivity index (χ0n) is 14.2. The molecule has 1 saturated heterocycles. The van der Waals surface area contributed by atoms with E-state index in [1.165, 1.54) is 10.5 Å². The summed E-state index contributed by atoms with van der Waals surface area (Å²) in [5.74, 6) is 0.846. The van der Waals surface area contributed by atoms with Gasteiger partial charge < -0.3 is 15.0 Å². The highest BCUT2D eigenvalue weighted by Crippen LogP contribution is 2.25. The number of likely N-dealkylation sites (tertiary alicyclic amines) is 1. The number of carbonyl (C=O) groups excluding carboxylic acids is 1. The molecule has 2 heterocycles. The Bertz CT molecular complexity index is 785. The lowest BCUT2D eigenvalue weighted by Gasteiger charge is -2.19. The van der Waals surface area contributed by atoms with Crippen molar-refractivity contribution in [2.45, 2.75) is 19.0 Å². The van der Waals surface area contributed by atoms with E-state index in [-0.39, 0.29) is 11.9 Å². The maximum absolute atomic E-state index is 12.6. The number of hydrogen-bond donors (Lipinski definition) is 2. The van der Waals surface area contributed by atoms with Gasteiger partial charge in [-0.1, -0.05) is 48.5 Å². The lowest BCUT2D eigenvalue weighted by molar-refractivity contribution is -0.901. The summed E-state index contributed by atoms with van der Waals surface area (Å²) in [7, 11) is 0. The first-order chi connectivity index (χ1) is 12.3. The van der Waals surface area contributed by atoms with Crippen molar-refractivity contribution in [2.24, 2.45) is 0 Å². The zero-order chi connectivity index (χ0) is 17.1. The van der Waals surface area contributed by atoms with Crippen LogP contribution >= 0.6 is 0 Å². The highest BCUT2D eigenvalue weighted by Gasteiger charge is 2.28. The number of hydrogen-bond acceptors (Lipinski definition) is 2. The normalized spacial score (nSPS) is 21.8.